The van der Waals surface area contributed by atoms with E-state index in [1.165, 1.54) is 11.3 Å². The number of aromatic nitrogens is 2. The van der Waals surface area contributed by atoms with Crippen LogP contribution in [-0.2, 0) is 26.1 Å². The molecular weight excluding hydrogens is 374 g/mol. The molecule has 0 bridgehead atoms. The number of carbonyl (C=O) groups is 1. The van der Waals surface area contributed by atoms with Gasteiger partial charge in [0.15, 0.2) is 0 Å². The lowest BCUT2D eigenvalue weighted by atomic mass is 9.93. The van der Waals surface area contributed by atoms with Gasteiger partial charge in [-0.1, -0.05) is 0 Å². The van der Waals surface area contributed by atoms with Crippen LogP contribution in [0.3, 0.4) is 0 Å². The van der Waals surface area contributed by atoms with Crippen molar-refractivity contribution >= 4 is 27.3 Å². The van der Waals surface area contributed by atoms with E-state index in [0.29, 0.717) is 36.7 Å². The quantitative estimate of drug-likeness (QED) is 0.837. The van der Waals surface area contributed by atoms with E-state index < -0.39 is 28.0 Å². The number of imidazole rings is 1. The number of carbonyl (C=O) groups excluding carboxylic acids is 1. The molecule has 3 heterocycles. The number of amides is 1. The van der Waals surface area contributed by atoms with Crippen molar-refractivity contribution in [2.75, 3.05) is 6.61 Å². The lowest BCUT2D eigenvalue weighted by Gasteiger charge is -2.30. The minimum Gasteiger partial charge on any atom is -0.369 e. The summed E-state index contributed by atoms with van der Waals surface area (Å²) in [4.78, 5) is 18.9. The first-order valence-electron chi connectivity index (χ1n) is 8.59. The molecule has 1 aliphatic heterocycles. The topological polar surface area (TPSA) is 90.3 Å². The third kappa shape index (κ3) is 3.70. The number of rotatable bonds is 5. The predicted molar refractivity (Wildman–Crippen MR) is 98.4 cm³/mol. The molecule has 26 heavy (non-hydrogen) atoms. The summed E-state index contributed by atoms with van der Waals surface area (Å²) in [5, 5.41) is 0. The highest BCUT2D eigenvalue weighted by Crippen LogP contribution is 2.34. The second kappa shape index (κ2) is 7.50. The Balaban J connectivity index is 1.84. The van der Waals surface area contributed by atoms with Crippen LogP contribution in [0.15, 0.2) is 23.4 Å². The Labute approximate surface area is 157 Å². The van der Waals surface area contributed by atoms with Crippen LogP contribution in [-0.4, -0.2) is 30.5 Å². The lowest BCUT2D eigenvalue weighted by Crippen LogP contribution is -2.41. The smallest absolute Gasteiger partial charge is 0.265 e. The van der Waals surface area contributed by atoms with Gasteiger partial charge >= 0.3 is 0 Å². The molecule has 3 rings (SSSR count). The molecular formula is C17H23N3O4S2. The fourth-order valence-electron chi connectivity index (χ4n) is 3.29. The zero-order chi connectivity index (χ0) is 18.9. The highest BCUT2D eigenvalue weighted by Gasteiger charge is 2.37. The van der Waals surface area contributed by atoms with Gasteiger partial charge in [0.05, 0.1) is 5.92 Å². The summed E-state index contributed by atoms with van der Waals surface area (Å²) in [6.07, 6.45) is 4.22. The van der Waals surface area contributed by atoms with Crippen molar-refractivity contribution in [3.8, 4) is 0 Å². The van der Waals surface area contributed by atoms with E-state index >= 15 is 0 Å². The fraction of sp³-hybridized carbons (Fsp3) is 0.529. The number of sulfonamides is 1. The number of ether oxygens (including phenoxy) is 1. The molecule has 0 unspecified atom stereocenters. The molecule has 0 saturated carbocycles. The van der Waals surface area contributed by atoms with E-state index in [4.69, 9.17) is 4.74 Å². The largest absolute Gasteiger partial charge is 0.369 e. The second-order valence-corrected chi connectivity index (χ2v) is 9.47. The average Bonchev–Trinajstić information content (AvgIpc) is 3.20. The minimum atomic E-state index is -3.90. The molecule has 2 aromatic heterocycles. The first kappa shape index (κ1) is 19.1. The molecule has 0 aromatic carbocycles. The summed E-state index contributed by atoms with van der Waals surface area (Å²) < 4.78 is 35.3. The Morgan fingerprint density at radius 1 is 1.46 bits per heavy atom. The van der Waals surface area contributed by atoms with E-state index in [9.17, 15) is 13.2 Å². The van der Waals surface area contributed by atoms with Gasteiger partial charge in [0.2, 0.25) is 5.91 Å². The monoisotopic (exact) mass is 397 g/mol. The molecule has 2 aromatic rings. The maximum atomic E-state index is 12.8. The highest BCUT2D eigenvalue weighted by molar-refractivity contribution is 7.90. The maximum Gasteiger partial charge on any atom is 0.265 e. The Kier molecular flexibility index (Phi) is 5.50. The van der Waals surface area contributed by atoms with Gasteiger partial charge in [0, 0.05) is 35.3 Å². The first-order valence-corrected chi connectivity index (χ1v) is 10.9. The molecule has 1 fully saturated rings. The minimum absolute atomic E-state index is 0.164. The summed E-state index contributed by atoms with van der Waals surface area (Å²) in [5.74, 6) is -0.470. The van der Waals surface area contributed by atoms with Crippen LogP contribution in [0.1, 0.15) is 41.4 Å². The normalized spacial score (nSPS) is 20.9. The molecule has 9 heteroatoms. The van der Waals surface area contributed by atoms with Gasteiger partial charge in [-0.25, -0.2) is 18.1 Å². The van der Waals surface area contributed by atoms with E-state index in [-0.39, 0.29) is 4.90 Å². The van der Waals surface area contributed by atoms with Gasteiger partial charge in [0.25, 0.3) is 10.0 Å². The van der Waals surface area contributed by atoms with Gasteiger partial charge in [-0.2, -0.15) is 0 Å². The molecule has 2 atom stereocenters. The molecule has 1 amide bonds. The van der Waals surface area contributed by atoms with E-state index in [2.05, 4.69) is 9.71 Å². The van der Waals surface area contributed by atoms with Crippen molar-refractivity contribution in [3.05, 3.63) is 34.0 Å². The van der Waals surface area contributed by atoms with Crippen LogP contribution in [0.2, 0.25) is 0 Å². The van der Waals surface area contributed by atoms with Crippen molar-refractivity contribution in [1.29, 1.82) is 0 Å². The molecule has 142 valence electrons. The molecule has 7 nitrogen and oxygen atoms in total. The summed E-state index contributed by atoms with van der Waals surface area (Å²) in [6.45, 7) is 6.79. The maximum absolute atomic E-state index is 12.8. The molecule has 0 aliphatic carbocycles. The Morgan fingerprint density at radius 3 is 2.88 bits per heavy atom. The van der Waals surface area contributed by atoms with E-state index in [1.54, 1.807) is 19.2 Å². The van der Waals surface area contributed by atoms with Crippen molar-refractivity contribution in [3.63, 3.8) is 0 Å². The summed E-state index contributed by atoms with van der Waals surface area (Å²) in [7, 11) is -3.90. The molecule has 0 radical (unpaired) electrons. The van der Waals surface area contributed by atoms with Crippen LogP contribution < -0.4 is 4.72 Å². The summed E-state index contributed by atoms with van der Waals surface area (Å²) in [5.41, 5.74) is 0. The Bertz CT molecular complexity index is 901. The third-order valence-electron chi connectivity index (χ3n) is 4.52. The number of nitrogens with one attached hydrogen (secondary N) is 1. The Hall–Kier alpha value is -1.71. The van der Waals surface area contributed by atoms with Crippen LogP contribution in [0.4, 0.5) is 0 Å². The fourth-order valence-corrected chi connectivity index (χ4v) is 5.87. The third-order valence-corrected chi connectivity index (χ3v) is 7.09. The average molecular weight is 398 g/mol. The molecule has 0 spiro atoms. The summed E-state index contributed by atoms with van der Waals surface area (Å²) >= 11 is 1.39. The number of hydrogen-bond donors (Lipinski definition) is 1. The van der Waals surface area contributed by atoms with Gasteiger partial charge in [-0.15, -0.1) is 11.3 Å². The zero-order valence-electron chi connectivity index (χ0n) is 15.1. The molecule has 1 aliphatic rings. The highest BCUT2D eigenvalue weighted by atomic mass is 32.2. The first-order chi connectivity index (χ1) is 12.3. The molecule has 1 saturated heterocycles. The van der Waals surface area contributed by atoms with E-state index in [0.717, 1.165) is 4.88 Å². The number of hydrogen-bond acceptors (Lipinski definition) is 6. The zero-order valence-corrected chi connectivity index (χ0v) is 16.7. The van der Waals surface area contributed by atoms with Crippen LogP contribution in [0.5, 0.6) is 0 Å². The summed E-state index contributed by atoms with van der Waals surface area (Å²) in [6, 6.07) is 1.59. The van der Waals surface area contributed by atoms with Crippen LogP contribution in [0.25, 0.3) is 0 Å². The van der Waals surface area contributed by atoms with Gasteiger partial charge in [-0.05, 0) is 39.7 Å². The second-order valence-electron chi connectivity index (χ2n) is 6.36. The van der Waals surface area contributed by atoms with Crippen molar-refractivity contribution < 1.29 is 17.9 Å². The molecule has 1 N–H and O–H groups in total. The van der Waals surface area contributed by atoms with Crippen LogP contribution in [0, 0.1) is 19.8 Å². The number of aryl methyl sites for hydroxylation is 3. The van der Waals surface area contributed by atoms with Crippen LogP contribution >= 0.6 is 11.3 Å². The van der Waals surface area contributed by atoms with E-state index in [1.807, 2.05) is 24.6 Å². The lowest BCUT2D eigenvalue weighted by molar-refractivity contribution is -0.133. The van der Waals surface area contributed by atoms with Gasteiger partial charge < -0.3 is 9.30 Å². The van der Waals surface area contributed by atoms with Gasteiger partial charge in [0.1, 0.15) is 16.8 Å². The number of nitrogens with zero attached hydrogens (tertiary/aromatic N) is 2. The predicted octanol–water partition coefficient (Wildman–Crippen LogP) is 2.55. The van der Waals surface area contributed by atoms with Crippen molar-refractivity contribution in [1.82, 2.24) is 14.3 Å². The van der Waals surface area contributed by atoms with Crippen molar-refractivity contribution in [2.24, 2.45) is 5.92 Å². The van der Waals surface area contributed by atoms with Crippen molar-refractivity contribution in [2.45, 2.75) is 51.2 Å². The number of thiophene rings is 1. The standard InChI is InChI=1S/C17H23N3O4S2/c1-4-20-8-7-18-16(20)15-13(6-5-9-24-15)17(21)19-26(22,23)14-10-11(2)25-12(14)3/h7-8,10,13,15H,4-6,9H2,1-3H3,(H,19,21)/t13-,15-/m1/s1. The van der Waals surface area contributed by atoms with Gasteiger partial charge in [-0.3, -0.25) is 4.79 Å². The SMILES string of the molecule is CCn1ccnc1[C@@H]1OCCC[C@H]1C(=O)NS(=O)(=O)c1cc(C)sc1C. The Morgan fingerprint density at radius 2 is 2.23 bits per heavy atom.